The van der Waals surface area contributed by atoms with Crippen molar-refractivity contribution in [2.45, 2.75) is 13.5 Å². The Morgan fingerprint density at radius 1 is 1.26 bits per heavy atom. The second-order valence-corrected chi connectivity index (χ2v) is 6.54. The van der Waals surface area contributed by atoms with E-state index in [1.165, 1.54) is 22.3 Å². The average Bonchev–Trinajstić information content (AvgIpc) is 2.99. The van der Waals surface area contributed by atoms with E-state index in [9.17, 15) is 0 Å². The molecule has 0 bridgehead atoms. The quantitative estimate of drug-likeness (QED) is 0.927. The topological polar surface area (TPSA) is 27.6 Å². The average molecular weight is 306 g/mol. The molecule has 3 aliphatic heterocycles. The van der Waals surface area contributed by atoms with Crippen LogP contribution in [0.1, 0.15) is 13.9 Å². The van der Waals surface area contributed by atoms with Crippen LogP contribution in [0, 0.1) is 12.1 Å². The molecule has 1 N–H and O–H groups in total. The third-order valence-electron chi connectivity index (χ3n) is 4.56. The van der Waals surface area contributed by atoms with Crippen LogP contribution in [0.4, 0.5) is 0 Å². The minimum Gasteiger partial charge on any atom is -0.294 e. The van der Waals surface area contributed by atoms with Crippen LogP contribution in [0.3, 0.4) is 0 Å². The SMILES string of the molecule is C[C@H]1C=C(C2=C3C=CCN[C]3N=C2)CN(Cc2ccccc2)C1.[HH]. The molecule has 3 heterocycles. The molecule has 3 aliphatic rings. The first-order valence-electron chi connectivity index (χ1n) is 8.33. The van der Waals surface area contributed by atoms with Crippen molar-refractivity contribution in [3.63, 3.8) is 0 Å². The van der Waals surface area contributed by atoms with Crippen molar-refractivity contribution >= 4 is 6.21 Å². The van der Waals surface area contributed by atoms with E-state index >= 15 is 0 Å². The van der Waals surface area contributed by atoms with E-state index in [-0.39, 0.29) is 1.43 Å². The van der Waals surface area contributed by atoms with E-state index < -0.39 is 0 Å². The summed E-state index contributed by atoms with van der Waals surface area (Å²) in [6.45, 7) is 6.29. The van der Waals surface area contributed by atoms with Gasteiger partial charge in [0.05, 0.1) is 0 Å². The second-order valence-electron chi connectivity index (χ2n) is 6.54. The van der Waals surface area contributed by atoms with Gasteiger partial charge >= 0.3 is 0 Å². The molecule has 119 valence electrons. The zero-order valence-corrected chi connectivity index (χ0v) is 13.5. The molecule has 0 spiro atoms. The standard InChI is InChI=1S/C20H22N3.H2/c1-15-10-17(19-11-22-20-18(19)8-5-9-21-20)14-23(12-15)13-16-6-3-2-4-7-16;/h2-8,10-11,15,21H,9,12-14H2,1H3;1H/t15-;/m0./s1. The summed E-state index contributed by atoms with van der Waals surface area (Å²) in [5.74, 6) is 0.563. The smallest absolute Gasteiger partial charge is 0.180 e. The Kier molecular flexibility index (Phi) is 3.98. The van der Waals surface area contributed by atoms with Crippen LogP contribution >= 0.6 is 0 Å². The third kappa shape index (κ3) is 3.07. The molecule has 1 aromatic carbocycles. The van der Waals surface area contributed by atoms with Crippen molar-refractivity contribution in [2.24, 2.45) is 10.9 Å². The van der Waals surface area contributed by atoms with E-state index in [0.717, 1.165) is 32.3 Å². The number of hydrogen-bond acceptors (Lipinski definition) is 3. The Labute approximate surface area is 139 Å². The number of fused-ring (bicyclic) bond motifs is 1. The molecule has 0 aromatic heterocycles. The minimum absolute atomic E-state index is 0. The number of nitrogens with zero attached hydrogens (tertiary/aromatic N) is 2. The summed E-state index contributed by atoms with van der Waals surface area (Å²) in [6.07, 6.45) is 9.84. The largest absolute Gasteiger partial charge is 0.294 e. The zero-order chi connectivity index (χ0) is 15.6. The van der Waals surface area contributed by atoms with Crippen LogP contribution in [0.15, 0.2) is 70.3 Å². The van der Waals surface area contributed by atoms with Crippen molar-refractivity contribution in [1.29, 1.82) is 0 Å². The van der Waals surface area contributed by atoms with Crippen molar-refractivity contribution in [1.82, 2.24) is 10.2 Å². The van der Waals surface area contributed by atoms with Gasteiger partial charge in [-0.2, -0.15) is 0 Å². The van der Waals surface area contributed by atoms with Crippen molar-refractivity contribution < 1.29 is 1.43 Å². The van der Waals surface area contributed by atoms with Gasteiger partial charge < -0.3 is 0 Å². The number of nitrogens with one attached hydrogen (secondary N) is 1. The van der Waals surface area contributed by atoms with Crippen LogP contribution in [0.2, 0.25) is 0 Å². The Balaban J connectivity index is 0.00000169. The van der Waals surface area contributed by atoms with Crippen LogP contribution in [-0.2, 0) is 6.54 Å². The van der Waals surface area contributed by atoms with Gasteiger partial charge in [0.15, 0.2) is 6.17 Å². The molecule has 0 fully saturated rings. The lowest BCUT2D eigenvalue weighted by Crippen LogP contribution is -2.34. The molecule has 0 amide bonds. The highest BCUT2D eigenvalue weighted by Gasteiger charge is 2.27. The minimum atomic E-state index is 0. The molecule has 3 nitrogen and oxygen atoms in total. The summed E-state index contributed by atoms with van der Waals surface area (Å²) < 4.78 is 0. The highest BCUT2D eigenvalue weighted by Crippen LogP contribution is 2.32. The fourth-order valence-electron chi connectivity index (χ4n) is 3.59. The molecule has 3 heteroatoms. The van der Waals surface area contributed by atoms with E-state index in [1.807, 2.05) is 6.21 Å². The molecular weight excluding hydrogens is 282 g/mol. The Morgan fingerprint density at radius 2 is 2.13 bits per heavy atom. The lowest BCUT2D eigenvalue weighted by atomic mass is 9.92. The van der Waals surface area contributed by atoms with Gasteiger partial charge in [-0.3, -0.25) is 15.2 Å². The molecule has 0 aliphatic carbocycles. The molecule has 4 rings (SSSR count). The first-order valence-corrected chi connectivity index (χ1v) is 8.33. The molecule has 0 saturated carbocycles. The summed E-state index contributed by atoms with van der Waals surface area (Å²) in [7, 11) is 0. The van der Waals surface area contributed by atoms with Crippen LogP contribution in [0.5, 0.6) is 0 Å². The Bertz CT molecular complexity index is 703. The van der Waals surface area contributed by atoms with Gasteiger partial charge in [-0.1, -0.05) is 55.5 Å². The first-order chi connectivity index (χ1) is 11.3. The molecule has 23 heavy (non-hydrogen) atoms. The van der Waals surface area contributed by atoms with Crippen LogP contribution in [-0.4, -0.2) is 30.7 Å². The second kappa shape index (κ2) is 6.26. The lowest BCUT2D eigenvalue weighted by Gasteiger charge is -2.31. The van der Waals surface area contributed by atoms with E-state index in [4.69, 9.17) is 0 Å². The van der Waals surface area contributed by atoms with E-state index in [0.29, 0.717) is 5.92 Å². The number of aliphatic imine (C=N–C) groups is 1. The fraction of sp³-hybridized carbons (Fsp3) is 0.300. The van der Waals surface area contributed by atoms with Gasteiger partial charge in [-0.25, -0.2) is 0 Å². The predicted molar refractivity (Wildman–Crippen MR) is 97.0 cm³/mol. The first kappa shape index (κ1) is 14.6. The zero-order valence-electron chi connectivity index (χ0n) is 13.5. The van der Waals surface area contributed by atoms with Gasteiger partial charge in [-0.05, 0) is 17.1 Å². The third-order valence-corrected chi connectivity index (χ3v) is 4.56. The molecule has 1 aromatic rings. The summed E-state index contributed by atoms with van der Waals surface area (Å²) in [6, 6.07) is 10.7. The molecular formula is C20H24N3. The maximum Gasteiger partial charge on any atom is 0.180 e. The van der Waals surface area contributed by atoms with Gasteiger partial charge in [-0.15, -0.1) is 0 Å². The van der Waals surface area contributed by atoms with E-state index in [1.54, 1.807) is 0 Å². The fourth-order valence-corrected chi connectivity index (χ4v) is 3.59. The van der Waals surface area contributed by atoms with Crippen molar-refractivity contribution in [3.8, 4) is 0 Å². The number of benzene rings is 1. The monoisotopic (exact) mass is 306 g/mol. The summed E-state index contributed by atoms with van der Waals surface area (Å²) in [5, 5.41) is 3.35. The van der Waals surface area contributed by atoms with Gasteiger partial charge in [0, 0.05) is 45.0 Å². The molecule has 0 unspecified atom stereocenters. The van der Waals surface area contributed by atoms with Gasteiger partial charge in [0.1, 0.15) is 0 Å². The maximum atomic E-state index is 4.54. The van der Waals surface area contributed by atoms with E-state index in [2.05, 4.69) is 70.7 Å². The van der Waals surface area contributed by atoms with Crippen LogP contribution < -0.4 is 5.32 Å². The lowest BCUT2D eigenvalue weighted by molar-refractivity contribution is 0.252. The summed E-state index contributed by atoms with van der Waals surface area (Å²) in [4.78, 5) is 7.08. The highest BCUT2D eigenvalue weighted by molar-refractivity contribution is 5.92. The predicted octanol–water partition coefficient (Wildman–Crippen LogP) is 3.34. The maximum absolute atomic E-state index is 4.54. The molecule has 0 saturated heterocycles. The Hall–Kier alpha value is -1.97. The highest BCUT2D eigenvalue weighted by atomic mass is 15.1. The number of rotatable bonds is 3. The summed E-state index contributed by atoms with van der Waals surface area (Å²) >= 11 is 0. The normalized spacial score (nSPS) is 24.9. The Morgan fingerprint density at radius 3 is 3.00 bits per heavy atom. The van der Waals surface area contributed by atoms with Crippen molar-refractivity contribution in [3.05, 3.63) is 77.0 Å². The van der Waals surface area contributed by atoms with Gasteiger partial charge in [0.25, 0.3) is 0 Å². The number of hydrogen-bond donors (Lipinski definition) is 1. The van der Waals surface area contributed by atoms with Crippen molar-refractivity contribution in [2.75, 3.05) is 19.6 Å². The molecule has 1 radical (unpaired) electrons. The van der Waals surface area contributed by atoms with Gasteiger partial charge in [0.2, 0.25) is 0 Å². The van der Waals surface area contributed by atoms with Crippen LogP contribution in [0.25, 0.3) is 0 Å². The summed E-state index contributed by atoms with van der Waals surface area (Å²) in [5.41, 5.74) is 5.32. The molecule has 1 atom stereocenters.